The van der Waals surface area contributed by atoms with Gasteiger partial charge in [-0.2, -0.15) is 0 Å². The lowest BCUT2D eigenvalue weighted by Gasteiger charge is -2.11. The molecule has 2 rings (SSSR count). The van der Waals surface area contributed by atoms with Gasteiger partial charge < -0.3 is 9.15 Å². The van der Waals surface area contributed by atoms with E-state index in [1.807, 2.05) is 18.2 Å². The molecule has 0 aliphatic carbocycles. The van der Waals surface area contributed by atoms with Crippen LogP contribution in [0.5, 0.6) is 5.75 Å². The van der Waals surface area contributed by atoms with Gasteiger partial charge in [0.15, 0.2) is 4.67 Å². The number of benzene rings is 1. The molecule has 0 saturated heterocycles. The molecule has 0 bridgehead atoms. The molecule has 0 amide bonds. The predicted octanol–water partition coefficient (Wildman–Crippen LogP) is 5.03. The molecule has 1 unspecified atom stereocenters. The zero-order valence-corrected chi connectivity index (χ0v) is 12.0. The van der Waals surface area contributed by atoms with Gasteiger partial charge in [0.1, 0.15) is 5.75 Å². The molecular weight excluding hydrogens is 327 g/mol. The van der Waals surface area contributed by atoms with E-state index in [4.69, 9.17) is 32.4 Å². The van der Waals surface area contributed by atoms with E-state index >= 15 is 0 Å². The molecule has 17 heavy (non-hydrogen) atoms. The van der Waals surface area contributed by atoms with Gasteiger partial charge in [0.05, 0.1) is 18.8 Å². The van der Waals surface area contributed by atoms with Crippen molar-refractivity contribution in [2.75, 3.05) is 7.11 Å². The van der Waals surface area contributed by atoms with Crippen molar-refractivity contribution in [3.8, 4) is 5.75 Å². The van der Waals surface area contributed by atoms with Crippen molar-refractivity contribution >= 4 is 39.1 Å². The van der Waals surface area contributed by atoms with Crippen molar-refractivity contribution < 1.29 is 9.15 Å². The molecule has 0 spiro atoms. The monoisotopic (exact) mass is 334 g/mol. The second kappa shape index (κ2) is 5.34. The third-order valence-corrected chi connectivity index (χ3v) is 3.84. The van der Waals surface area contributed by atoms with Crippen molar-refractivity contribution in [1.82, 2.24) is 0 Å². The second-order valence-electron chi connectivity index (χ2n) is 3.40. The van der Waals surface area contributed by atoms with E-state index in [9.17, 15) is 0 Å². The summed E-state index contributed by atoms with van der Waals surface area (Å²) in [5.74, 6) is 0.703. The van der Waals surface area contributed by atoms with E-state index in [0.29, 0.717) is 15.4 Å². The number of halogens is 3. The molecule has 5 heteroatoms. The number of rotatable bonds is 3. The molecule has 1 atom stereocenters. The average Bonchev–Trinajstić information content (AvgIpc) is 2.74. The number of methoxy groups -OCH3 is 1. The van der Waals surface area contributed by atoms with Gasteiger partial charge in [0, 0.05) is 10.6 Å². The van der Waals surface area contributed by atoms with E-state index in [0.717, 1.165) is 11.1 Å². The average molecular weight is 336 g/mol. The summed E-state index contributed by atoms with van der Waals surface area (Å²) in [6.07, 6.45) is 1.58. The van der Waals surface area contributed by atoms with Crippen LogP contribution in [0, 0.1) is 0 Å². The minimum atomic E-state index is -0.360. The van der Waals surface area contributed by atoms with Gasteiger partial charge in [0.25, 0.3) is 0 Å². The molecule has 1 aromatic heterocycles. The summed E-state index contributed by atoms with van der Waals surface area (Å²) in [5, 5.41) is 0.207. The Kier molecular flexibility index (Phi) is 4.02. The zero-order valence-electron chi connectivity index (χ0n) is 8.91. The van der Waals surface area contributed by atoms with Crippen LogP contribution >= 0.6 is 39.1 Å². The maximum atomic E-state index is 6.36. The van der Waals surface area contributed by atoms with Crippen LogP contribution in [0.2, 0.25) is 5.02 Å². The van der Waals surface area contributed by atoms with Crippen LogP contribution in [0.3, 0.4) is 0 Å². The Labute approximate surface area is 118 Å². The van der Waals surface area contributed by atoms with Crippen LogP contribution in [0.15, 0.2) is 39.6 Å². The lowest BCUT2D eigenvalue weighted by atomic mass is 10.1. The molecule has 2 nitrogen and oxygen atoms in total. The van der Waals surface area contributed by atoms with E-state index in [2.05, 4.69) is 15.9 Å². The van der Waals surface area contributed by atoms with Crippen LogP contribution in [0.1, 0.15) is 16.5 Å². The third-order valence-electron chi connectivity index (χ3n) is 2.40. The molecule has 0 aliphatic heterocycles. The van der Waals surface area contributed by atoms with Gasteiger partial charge in [0.2, 0.25) is 0 Å². The van der Waals surface area contributed by atoms with Crippen molar-refractivity contribution in [1.29, 1.82) is 0 Å². The fourth-order valence-corrected chi connectivity index (χ4v) is 2.79. The largest absolute Gasteiger partial charge is 0.497 e. The topological polar surface area (TPSA) is 22.4 Å². The molecule has 0 aliphatic rings. The van der Waals surface area contributed by atoms with E-state index in [-0.39, 0.29) is 5.38 Å². The normalized spacial score (nSPS) is 12.5. The first kappa shape index (κ1) is 12.8. The standard InChI is InChI=1S/C12H9BrCl2O2/c1-16-7-2-3-8(10(14)6-7)11(15)9-4-5-17-12(9)13/h2-6,11H,1H3. The van der Waals surface area contributed by atoms with Crippen LogP contribution in [-0.2, 0) is 0 Å². The molecule has 0 N–H and O–H groups in total. The molecule has 90 valence electrons. The van der Waals surface area contributed by atoms with Gasteiger partial charge >= 0.3 is 0 Å². The van der Waals surface area contributed by atoms with E-state index in [1.54, 1.807) is 19.4 Å². The maximum Gasteiger partial charge on any atom is 0.173 e. The number of ether oxygens (including phenoxy) is 1. The van der Waals surface area contributed by atoms with Crippen LogP contribution in [0.25, 0.3) is 0 Å². The summed E-state index contributed by atoms with van der Waals surface area (Å²) >= 11 is 15.8. The Morgan fingerprint density at radius 3 is 2.59 bits per heavy atom. The summed E-state index contributed by atoms with van der Waals surface area (Å²) in [7, 11) is 1.59. The molecule has 1 heterocycles. The van der Waals surface area contributed by atoms with Gasteiger partial charge in [-0.25, -0.2) is 0 Å². The first-order valence-electron chi connectivity index (χ1n) is 4.84. The van der Waals surface area contributed by atoms with Crippen molar-refractivity contribution in [2.45, 2.75) is 5.38 Å². The first-order chi connectivity index (χ1) is 8.13. The minimum absolute atomic E-state index is 0.360. The number of alkyl halides is 1. The molecule has 1 aromatic carbocycles. The third kappa shape index (κ3) is 2.62. The van der Waals surface area contributed by atoms with Crippen molar-refractivity contribution in [2.24, 2.45) is 0 Å². The van der Waals surface area contributed by atoms with E-state index in [1.165, 1.54) is 0 Å². The number of hydrogen-bond donors (Lipinski definition) is 0. The molecule has 0 fully saturated rings. The molecule has 0 saturated carbocycles. The highest BCUT2D eigenvalue weighted by Crippen LogP contribution is 2.38. The Bertz CT molecular complexity index is 525. The van der Waals surface area contributed by atoms with Crippen LogP contribution in [-0.4, -0.2) is 7.11 Å². The van der Waals surface area contributed by atoms with Gasteiger partial charge in [-0.05, 0) is 39.7 Å². The van der Waals surface area contributed by atoms with Crippen molar-refractivity contribution in [3.63, 3.8) is 0 Å². The predicted molar refractivity (Wildman–Crippen MR) is 72.1 cm³/mol. The summed E-state index contributed by atoms with van der Waals surface area (Å²) < 4.78 is 10.9. The lowest BCUT2D eigenvalue weighted by molar-refractivity contribution is 0.414. The van der Waals surface area contributed by atoms with Gasteiger partial charge in [-0.15, -0.1) is 11.6 Å². The number of hydrogen-bond acceptors (Lipinski definition) is 2. The number of furan rings is 1. The highest BCUT2D eigenvalue weighted by molar-refractivity contribution is 9.10. The highest BCUT2D eigenvalue weighted by Gasteiger charge is 2.19. The SMILES string of the molecule is COc1ccc(C(Cl)c2ccoc2Br)c(Cl)c1. The zero-order chi connectivity index (χ0) is 12.4. The molecule has 0 radical (unpaired) electrons. The summed E-state index contributed by atoms with van der Waals surface area (Å²) in [4.78, 5) is 0. The quantitative estimate of drug-likeness (QED) is 0.734. The lowest BCUT2D eigenvalue weighted by Crippen LogP contribution is -1.94. The summed E-state index contributed by atoms with van der Waals surface area (Å²) in [5.41, 5.74) is 1.66. The van der Waals surface area contributed by atoms with Gasteiger partial charge in [-0.3, -0.25) is 0 Å². The maximum absolute atomic E-state index is 6.36. The Morgan fingerprint density at radius 1 is 1.29 bits per heavy atom. The summed E-state index contributed by atoms with van der Waals surface area (Å²) in [6, 6.07) is 7.21. The Morgan fingerprint density at radius 2 is 2.06 bits per heavy atom. The smallest absolute Gasteiger partial charge is 0.173 e. The Balaban J connectivity index is 2.38. The Hall–Kier alpha value is -0.640. The molecule has 2 aromatic rings. The van der Waals surface area contributed by atoms with E-state index < -0.39 is 0 Å². The fourth-order valence-electron chi connectivity index (χ4n) is 1.49. The fraction of sp³-hybridized carbons (Fsp3) is 0.167. The molecular formula is C12H9BrCl2O2. The van der Waals surface area contributed by atoms with Gasteiger partial charge in [-0.1, -0.05) is 17.7 Å². The minimum Gasteiger partial charge on any atom is -0.497 e. The van der Waals surface area contributed by atoms with Crippen LogP contribution in [0.4, 0.5) is 0 Å². The second-order valence-corrected chi connectivity index (χ2v) is 4.96. The highest BCUT2D eigenvalue weighted by atomic mass is 79.9. The van der Waals surface area contributed by atoms with Crippen molar-refractivity contribution in [3.05, 3.63) is 51.3 Å². The first-order valence-corrected chi connectivity index (χ1v) is 6.44. The summed E-state index contributed by atoms with van der Waals surface area (Å²) in [6.45, 7) is 0. The van der Waals surface area contributed by atoms with Crippen LogP contribution < -0.4 is 4.74 Å².